The number of carbonyl (C=O) groups excluding carboxylic acids is 1. The van der Waals surface area contributed by atoms with Gasteiger partial charge in [0.05, 0.1) is 6.61 Å². The molecule has 2 unspecified atom stereocenters. The SMILES string of the molecule is CCOC(=O)C(C)NC1CCCNC1. The van der Waals surface area contributed by atoms with Crippen LogP contribution in [0.4, 0.5) is 0 Å². The first-order chi connectivity index (χ1) is 6.74. The normalized spacial score (nSPS) is 24.3. The van der Waals surface area contributed by atoms with Crippen molar-refractivity contribution in [1.82, 2.24) is 10.6 Å². The molecule has 1 aliphatic heterocycles. The average molecular weight is 200 g/mol. The van der Waals surface area contributed by atoms with Crippen LogP contribution in [0.2, 0.25) is 0 Å². The lowest BCUT2D eigenvalue weighted by Gasteiger charge is -2.26. The maximum atomic E-state index is 11.3. The Kier molecular flexibility index (Phi) is 4.90. The van der Waals surface area contributed by atoms with Gasteiger partial charge < -0.3 is 15.4 Å². The predicted octanol–water partition coefficient (Wildman–Crippen LogP) is 0.280. The molecule has 2 N–H and O–H groups in total. The van der Waals surface area contributed by atoms with Gasteiger partial charge in [0.15, 0.2) is 0 Å². The van der Waals surface area contributed by atoms with Crippen LogP contribution in [0.25, 0.3) is 0 Å². The molecular formula is C10H20N2O2. The first-order valence-electron chi connectivity index (χ1n) is 5.37. The zero-order valence-corrected chi connectivity index (χ0v) is 9.01. The van der Waals surface area contributed by atoms with Gasteiger partial charge in [-0.2, -0.15) is 0 Å². The predicted molar refractivity (Wildman–Crippen MR) is 55.1 cm³/mol. The van der Waals surface area contributed by atoms with E-state index < -0.39 is 0 Å². The molecule has 0 aromatic rings. The fourth-order valence-corrected chi connectivity index (χ4v) is 1.68. The Morgan fingerprint density at radius 1 is 1.71 bits per heavy atom. The second-order valence-electron chi connectivity index (χ2n) is 3.68. The van der Waals surface area contributed by atoms with E-state index in [-0.39, 0.29) is 12.0 Å². The summed E-state index contributed by atoms with van der Waals surface area (Å²) >= 11 is 0. The highest BCUT2D eigenvalue weighted by molar-refractivity contribution is 5.75. The molecule has 82 valence electrons. The van der Waals surface area contributed by atoms with Crippen molar-refractivity contribution in [2.24, 2.45) is 0 Å². The summed E-state index contributed by atoms with van der Waals surface area (Å²) < 4.78 is 4.92. The first-order valence-corrected chi connectivity index (χ1v) is 5.37. The van der Waals surface area contributed by atoms with E-state index in [1.165, 1.54) is 6.42 Å². The van der Waals surface area contributed by atoms with Crippen LogP contribution in [0.5, 0.6) is 0 Å². The molecule has 2 atom stereocenters. The van der Waals surface area contributed by atoms with Crippen molar-refractivity contribution in [2.45, 2.75) is 38.8 Å². The van der Waals surface area contributed by atoms with Gasteiger partial charge in [0.1, 0.15) is 6.04 Å². The molecule has 0 aromatic carbocycles. The number of hydrogen-bond donors (Lipinski definition) is 2. The molecule has 0 aliphatic carbocycles. The summed E-state index contributed by atoms with van der Waals surface area (Å²) in [6.07, 6.45) is 2.31. The zero-order chi connectivity index (χ0) is 10.4. The van der Waals surface area contributed by atoms with Gasteiger partial charge >= 0.3 is 5.97 Å². The molecule has 14 heavy (non-hydrogen) atoms. The highest BCUT2D eigenvalue weighted by atomic mass is 16.5. The Balaban J connectivity index is 2.24. The monoisotopic (exact) mass is 200 g/mol. The molecule has 1 saturated heterocycles. The van der Waals surface area contributed by atoms with Crippen molar-refractivity contribution in [3.8, 4) is 0 Å². The highest BCUT2D eigenvalue weighted by Gasteiger charge is 2.19. The van der Waals surface area contributed by atoms with Crippen molar-refractivity contribution in [1.29, 1.82) is 0 Å². The minimum atomic E-state index is -0.195. The smallest absolute Gasteiger partial charge is 0.322 e. The largest absolute Gasteiger partial charge is 0.465 e. The van der Waals surface area contributed by atoms with Gasteiger partial charge in [-0.3, -0.25) is 4.79 Å². The second kappa shape index (κ2) is 5.98. The molecule has 1 rings (SSSR count). The molecular weight excluding hydrogens is 180 g/mol. The van der Waals surface area contributed by atoms with E-state index in [0.717, 1.165) is 19.5 Å². The highest BCUT2D eigenvalue weighted by Crippen LogP contribution is 2.02. The summed E-state index contributed by atoms with van der Waals surface area (Å²) in [5.74, 6) is -0.155. The molecule has 0 aromatic heterocycles. The van der Waals surface area contributed by atoms with Crippen LogP contribution in [0.3, 0.4) is 0 Å². The third kappa shape index (κ3) is 3.64. The summed E-state index contributed by atoms with van der Waals surface area (Å²) in [4.78, 5) is 11.3. The zero-order valence-electron chi connectivity index (χ0n) is 9.01. The summed E-state index contributed by atoms with van der Waals surface area (Å²) in [5.41, 5.74) is 0. The van der Waals surface area contributed by atoms with Crippen LogP contribution in [0, 0.1) is 0 Å². The fraction of sp³-hybridized carbons (Fsp3) is 0.900. The minimum absolute atomic E-state index is 0.155. The topological polar surface area (TPSA) is 50.4 Å². The number of hydrogen-bond acceptors (Lipinski definition) is 4. The van der Waals surface area contributed by atoms with E-state index in [9.17, 15) is 4.79 Å². The lowest BCUT2D eigenvalue weighted by molar-refractivity contribution is -0.145. The molecule has 1 aliphatic rings. The van der Waals surface area contributed by atoms with E-state index in [2.05, 4.69) is 10.6 Å². The number of piperidine rings is 1. The standard InChI is InChI=1S/C10H20N2O2/c1-3-14-10(13)8(2)12-9-5-4-6-11-7-9/h8-9,11-12H,3-7H2,1-2H3. The number of esters is 1. The van der Waals surface area contributed by atoms with Gasteiger partial charge in [0.25, 0.3) is 0 Å². The van der Waals surface area contributed by atoms with Gasteiger partial charge in [-0.1, -0.05) is 0 Å². The lowest BCUT2D eigenvalue weighted by atomic mass is 10.1. The van der Waals surface area contributed by atoms with Gasteiger partial charge in [0, 0.05) is 12.6 Å². The maximum absolute atomic E-state index is 11.3. The van der Waals surface area contributed by atoms with E-state index in [4.69, 9.17) is 4.74 Å². The lowest BCUT2D eigenvalue weighted by Crippen LogP contribution is -2.49. The van der Waals surface area contributed by atoms with Crippen LogP contribution in [-0.4, -0.2) is 37.7 Å². The quantitative estimate of drug-likeness (QED) is 0.640. The van der Waals surface area contributed by atoms with Crippen LogP contribution >= 0.6 is 0 Å². The molecule has 0 amide bonds. The number of rotatable bonds is 4. The fourth-order valence-electron chi connectivity index (χ4n) is 1.68. The molecule has 0 saturated carbocycles. The average Bonchev–Trinajstić information content (AvgIpc) is 2.19. The molecule has 1 fully saturated rings. The Morgan fingerprint density at radius 2 is 2.50 bits per heavy atom. The molecule has 4 heteroatoms. The maximum Gasteiger partial charge on any atom is 0.322 e. The second-order valence-corrected chi connectivity index (χ2v) is 3.68. The summed E-state index contributed by atoms with van der Waals surface area (Å²) in [7, 11) is 0. The van der Waals surface area contributed by atoms with Crippen LogP contribution < -0.4 is 10.6 Å². The van der Waals surface area contributed by atoms with Gasteiger partial charge in [-0.05, 0) is 33.2 Å². The molecule has 0 radical (unpaired) electrons. The number of carbonyl (C=O) groups is 1. The Morgan fingerprint density at radius 3 is 3.07 bits per heavy atom. The first kappa shape index (κ1) is 11.5. The third-order valence-electron chi connectivity index (χ3n) is 2.42. The van der Waals surface area contributed by atoms with Crippen LogP contribution in [-0.2, 0) is 9.53 Å². The minimum Gasteiger partial charge on any atom is -0.465 e. The third-order valence-corrected chi connectivity index (χ3v) is 2.42. The van der Waals surface area contributed by atoms with Crippen molar-refractivity contribution in [3.63, 3.8) is 0 Å². The van der Waals surface area contributed by atoms with E-state index in [1.807, 2.05) is 13.8 Å². The Hall–Kier alpha value is -0.610. The van der Waals surface area contributed by atoms with E-state index in [1.54, 1.807) is 0 Å². The van der Waals surface area contributed by atoms with Crippen molar-refractivity contribution >= 4 is 5.97 Å². The van der Waals surface area contributed by atoms with Gasteiger partial charge in [-0.15, -0.1) is 0 Å². The molecule has 0 spiro atoms. The molecule has 4 nitrogen and oxygen atoms in total. The van der Waals surface area contributed by atoms with Gasteiger partial charge in [-0.25, -0.2) is 0 Å². The number of ether oxygens (including phenoxy) is 1. The van der Waals surface area contributed by atoms with E-state index in [0.29, 0.717) is 12.6 Å². The van der Waals surface area contributed by atoms with E-state index >= 15 is 0 Å². The van der Waals surface area contributed by atoms with Crippen LogP contribution in [0.1, 0.15) is 26.7 Å². The Bertz CT molecular complexity index is 179. The summed E-state index contributed by atoms with van der Waals surface area (Å²) in [6.45, 7) is 6.17. The Labute approximate surface area is 85.4 Å². The summed E-state index contributed by atoms with van der Waals surface area (Å²) in [6, 6.07) is 0.211. The van der Waals surface area contributed by atoms with Crippen molar-refractivity contribution in [3.05, 3.63) is 0 Å². The van der Waals surface area contributed by atoms with Crippen molar-refractivity contribution in [2.75, 3.05) is 19.7 Å². The summed E-state index contributed by atoms with van der Waals surface area (Å²) in [5, 5.41) is 6.56. The molecule has 0 bridgehead atoms. The number of nitrogens with one attached hydrogen (secondary N) is 2. The van der Waals surface area contributed by atoms with Gasteiger partial charge in [0.2, 0.25) is 0 Å². The van der Waals surface area contributed by atoms with Crippen LogP contribution in [0.15, 0.2) is 0 Å². The van der Waals surface area contributed by atoms with Crippen molar-refractivity contribution < 1.29 is 9.53 Å². The molecule has 1 heterocycles.